The van der Waals surface area contributed by atoms with Crippen LogP contribution in [0.15, 0.2) is 12.4 Å². The molecule has 0 saturated heterocycles. The second kappa shape index (κ2) is 3.34. The third-order valence-corrected chi connectivity index (χ3v) is 2.89. The number of nitrogens with zero attached hydrogens (tertiary/aromatic N) is 2. The van der Waals surface area contributed by atoms with Crippen molar-refractivity contribution < 1.29 is 4.79 Å². The first-order valence-electron chi connectivity index (χ1n) is 4.16. The van der Waals surface area contributed by atoms with Crippen LogP contribution in [0.3, 0.4) is 0 Å². The molecule has 0 unspecified atom stereocenters. The zero-order valence-electron chi connectivity index (χ0n) is 7.87. The predicted molar refractivity (Wildman–Crippen MR) is 53.6 cm³/mol. The molecule has 2 aromatic rings. The summed E-state index contributed by atoms with van der Waals surface area (Å²) in [5, 5.41) is 0.900. The largest absolute Gasteiger partial charge is 0.342 e. The second-order valence-electron chi connectivity index (χ2n) is 2.91. The van der Waals surface area contributed by atoms with Crippen LogP contribution < -0.4 is 0 Å². The number of aromatic nitrogens is 3. The summed E-state index contributed by atoms with van der Waals surface area (Å²) in [6, 6.07) is 0. The van der Waals surface area contributed by atoms with Gasteiger partial charge in [-0.05, 0) is 13.8 Å². The number of ketones is 1. The summed E-state index contributed by atoms with van der Waals surface area (Å²) < 4.78 is 0. The molecule has 0 aromatic carbocycles. The van der Waals surface area contributed by atoms with E-state index >= 15 is 0 Å². The number of imidazole rings is 1. The molecule has 2 aromatic heterocycles. The lowest BCUT2D eigenvalue weighted by molar-refractivity contribution is 0.103. The maximum Gasteiger partial charge on any atom is 0.240 e. The molecular formula is C9H9N3OS. The van der Waals surface area contributed by atoms with E-state index in [1.807, 2.05) is 13.8 Å². The molecule has 0 saturated carbocycles. The molecule has 0 amide bonds. The zero-order valence-corrected chi connectivity index (χ0v) is 8.68. The Balaban J connectivity index is 2.41. The second-order valence-corrected chi connectivity index (χ2v) is 4.12. The molecule has 0 bridgehead atoms. The number of aryl methyl sites for hydroxylation is 2. The summed E-state index contributed by atoms with van der Waals surface area (Å²) in [7, 11) is 0. The maximum atomic E-state index is 11.8. The number of rotatable bonds is 2. The molecule has 4 nitrogen and oxygen atoms in total. The number of hydrogen-bond acceptors (Lipinski definition) is 4. The van der Waals surface area contributed by atoms with Gasteiger partial charge in [0, 0.05) is 12.4 Å². The Morgan fingerprint density at radius 1 is 1.50 bits per heavy atom. The highest BCUT2D eigenvalue weighted by molar-refractivity contribution is 7.13. The van der Waals surface area contributed by atoms with E-state index in [9.17, 15) is 4.79 Å². The molecule has 14 heavy (non-hydrogen) atoms. The van der Waals surface area contributed by atoms with Gasteiger partial charge in [-0.1, -0.05) is 0 Å². The minimum Gasteiger partial charge on any atom is -0.342 e. The SMILES string of the molecule is Cc1nc(C)c(C(=O)c2ncc[nH]2)s1. The van der Waals surface area contributed by atoms with Gasteiger partial charge in [-0.25, -0.2) is 9.97 Å². The molecule has 1 N–H and O–H groups in total. The molecule has 5 heteroatoms. The first kappa shape index (κ1) is 9.08. The van der Waals surface area contributed by atoms with E-state index in [-0.39, 0.29) is 5.78 Å². The molecule has 0 aliphatic rings. The van der Waals surface area contributed by atoms with Gasteiger partial charge in [-0.3, -0.25) is 4.79 Å². The zero-order chi connectivity index (χ0) is 10.1. The first-order chi connectivity index (χ1) is 6.68. The smallest absolute Gasteiger partial charge is 0.240 e. The van der Waals surface area contributed by atoms with E-state index in [4.69, 9.17) is 0 Å². The number of aromatic amines is 1. The van der Waals surface area contributed by atoms with Crippen LogP contribution in [0.25, 0.3) is 0 Å². The topological polar surface area (TPSA) is 58.6 Å². The van der Waals surface area contributed by atoms with Gasteiger partial charge in [0.05, 0.1) is 10.7 Å². The maximum absolute atomic E-state index is 11.8. The van der Waals surface area contributed by atoms with E-state index in [2.05, 4.69) is 15.0 Å². The Kier molecular flexibility index (Phi) is 2.17. The van der Waals surface area contributed by atoms with Crippen LogP contribution in [0.2, 0.25) is 0 Å². The normalized spacial score (nSPS) is 10.4. The highest BCUT2D eigenvalue weighted by Gasteiger charge is 2.17. The average Bonchev–Trinajstić information content (AvgIpc) is 2.73. The van der Waals surface area contributed by atoms with Crippen molar-refractivity contribution in [2.45, 2.75) is 13.8 Å². The van der Waals surface area contributed by atoms with Crippen LogP contribution in [0.5, 0.6) is 0 Å². The van der Waals surface area contributed by atoms with Gasteiger partial charge < -0.3 is 4.98 Å². The predicted octanol–water partition coefficient (Wildman–Crippen LogP) is 1.71. The Morgan fingerprint density at radius 3 is 2.79 bits per heavy atom. The lowest BCUT2D eigenvalue weighted by atomic mass is 10.3. The molecule has 0 aliphatic carbocycles. The summed E-state index contributed by atoms with van der Waals surface area (Å²) in [4.78, 5) is 23.4. The fourth-order valence-electron chi connectivity index (χ4n) is 1.24. The van der Waals surface area contributed by atoms with Crippen molar-refractivity contribution in [3.8, 4) is 0 Å². The molecule has 2 rings (SSSR count). The van der Waals surface area contributed by atoms with Gasteiger partial charge in [0.2, 0.25) is 5.78 Å². The number of carbonyl (C=O) groups excluding carboxylic acids is 1. The van der Waals surface area contributed by atoms with Crippen molar-refractivity contribution in [3.63, 3.8) is 0 Å². The van der Waals surface area contributed by atoms with Gasteiger partial charge in [0.1, 0.15) is 4.88 Å². The van der Waals surface area contributed by atoms with Crippen LogP contribution >= 0.6 is 11.3 Å². The van der Waals surface area contributed by atoms with Gasteiger partial charge in [-0.15, -0.1) is 11.3 Å². The number of carbonyl (C=O) groups is 1. The van der Waals surface area contributed by atoms with E-state index in [1.165, 1.54) is 11.3 Å². The van der Waals surface area contributed by atoms with Crippen LogP contribution in [-0.4, -0.2) is 20.7 Å². The molecule has 0 spiro atoms. The van der Waals surface area contributed by atoms with E-state index in [0.29, 0.717) is 10.7 Å². The van der Waals surface area contributed by atoms with Crippen LogP contribution in [0.1, 0.15) is 26.2 Å². The summed E-state index contributed by atoms with van der Waals surface area (Å²) in [5.41, 5.74) is 0.772. The van der Waals surface area contributed by atoms with Crippen molar-refractivity contribution in [2.24, 2.45) is 0 Å². The Labute approximate surface area is 85.0 Å². The third-order valence-electron chi connectivity index (χ3n) is 1.82. The minimum absolute atomic E-state index is 0.0851. The van der Waals surface area contributed by atoms with Gasteiger partial charge in [0.25, 0.3) is 0 Å². The van der Waals surface area contributed by atoms with Crippen molar-refractivity contribution >= 4 is 17.1 Å². The van der Waals surface area contributed by atoms with Crippen molar-refractivity contribution in [3.05, 3.63) is 33.8 Å². The standard InChI is InChI=1S/C9H9N3OS/c1-5-8(14-6(2)12-5)7(13)9-10-3-4-11-9/h3-4H,1-2H3,(H,10,11). The van der Waals surface area contributed by atoms with Crippen LogP contribution in [0, 0.1) is 13.8 Å². The quantitative estimate of drug-likeness (QED) is 0.763. The highest BCUT2D eigenvalue weighted by atomic mass is 32.1. The summed E-state index contributed by atoms with van der Waals surface area (Å²) in [6.45, 7) is 3.72. The number of thiazole rings is 1. The fraction of sp³-hybridized carbons (Fsp3) is 0.222. The summed E-state index contributed by atoms with van der Waals surface area (Å²) >= 11 is 1.40. The Hall–Kier alpha value is -1.49. The van der Waals surface area contributed by atoms with Gasteiger partial charge in [-0.2, -0.15) is 0 Å². The summed E-state index contributed by atoms with van der Waals surface area (Å²) in [6.07, 6.45) is 3.20. The molecular weight excluding hydrogens is 198 g/mol. The minimum atomic E-state index is -0.0851. The summed E-state index contributed by atoms with van der Waals surface area (Å²) in [5.74, 6) is 0.287. The van der Waals surface area contributed by atoms with E-state index < -0.39 is 0 Å². The van der Waals surface area contributed by atoms with Gasteiger partial charge >= 0.3 is 0 Å². The monoisotopic (exact) mass is 207 g/mol. The molecule has 0 atom stereocenters. The van der Waals surface area contributed by atoms with Crippen molar-refractivity contribution in [1.29, 1.82) is 0 Å². The molecule has 0 aliphatic heterocycles. The molecule has 0 radical (unpaired) electrons. The molecule has 2 heterocycles. The molecule has 0 fully saturated rings. The van der Waals surface area contributed by atoms with Gasteiger partial charge in [0.15, 0.2) is 5.82 Å². The first-order valence-corrected chi connectivity index (χ1v) is 4.98. The lowest BCUT2D eigenvalue weighted by Crippen LogP contribution is -2.02. The third kappa shape index (κ3) is 1.46. The Bertz CT molecular complexity index is 458. The molecule has 72 valence electrons. The average molecular weight is 207 g/mol. The number of nitrogens with one attached hydrogen (secondary N) is 1. The van der Waals surface area contributed by atoms with Crippen molar-refractivity contribution in [1.82, 2.24) is 15.0 Å². The highest BCUT2D eigenvalue weighted by Crippen LogP contribution is 2.19. The van der Waals surface area contributed by atoms with Crippen molar-refractivity contribution in [2.75, 3.05) is 0 Å². The number of H-pyrrole nitrogens is 1. The van der Waals surface area contributed by atoms with Crippen LogP contribution in [-0.2, 0) is 0 Å². The fourth-order valence-corrected chi connectivity index (χ4v) is 2.10. The van der Waals surface area contributed by atoms with Crippen LogP contribution in [0.4, 0.5) is 0 Å². The van der Waals surface area contributed by atoms with E-state index in [0.717, 1.165) is 10.7 Å². The lowest BCUT2D eigenvalue weighted by Gasteiger charge is -1.92. The van der Waals surface area contributed by atoms with E-state index in [1.54, 1.807) is 12.4 Å². The number of hydrogen-bond donors (Lipinski definition) is 1. The Morgan fingerprint density at radius 2 is 2.29 bits per heavy atom.